The summed E-state index contributed by atoms with van der Waals surface area (Å²) in [6, 6.07) is 14.1. The molecule has 8 heteroatoms. The second-order valence-electron chi connectivity index (χ2n) is 5.03. The number of hydrogen-bond acceptors (Lipinski definition) is 5. The Morgan fingerprint density at radius 2 is 2.08 bits per heavy atom. The number of aromatic nitrogens is 3. The van der Waals surface area contributed by atoms with Crippen LogP contribution in [-0.4, -0.2) is 34.2 Å². The number of rotatable bonds is 4. The summed E-state index contributed by atoms with van der Waals surface area (Å²) in [4.78, 5) is 11.4. The van der Waals surface area contributed by atoms with Crippen molar-refractivity contribution in [3.05, 3.63) is 69.5 Å². The Balaban J connectivity index is 1.91. The van der Waals surface area contributed by atoms with Crippen molar-refractivity contribution in [3.63, 3.8) is 0 Å². The average molecular weight is 373 g/mol. The van der Waals surface area contributed by atoms with E-state index in [0.717, 1.165) is 11.1 Å². The maximum Gasteiger partial charge on any atom is 0.337 e. The van der Waals surface area contributed by atoms with Crippen molar-refractivity contribution in [2.24, 2.45) is 5.10 Å². The summed E-state index contributed by atoms with van der Waals surface area (Å²) in [7, 11) is 1.34. The molecule has 0 amide bonds. The zero-order chi connectivity index (χ0) is 17.8. The van der Waals surface area contributed by atoms with Crippen LogP contribution in [0.3, 0.4) is 0 Å². The van der Waals surface area contributed by atoms with Gasteiger partial charge >= 0.3 is 5.97 Å². The minimum Gasteiger partial charge on any atom is -0.465 e. The number of H-pyrrole nitrogens is 1. The monoisotopic (exact) mass is 372 g/mol. The largest absolute Gasteiger partial charge is 0.465 e. The molecule has 0 radical (unpaired) electrons. The van der Waals surface area contributed by atoms with Crippen LogP contribution in [0.1, 0.15) is 15.9 Å². The standard InChI is InChI=1S/C17H13ClN4O2S/c1-24-16(23)12-7-5-11(6-8-12)10-19-22-15(20-21-17(22)25)13-3-2-4-14(18)9-13/h2-10H,1H3,(H,21,25). The maximum atomic E-state index is 11.4. The highest BCUT2D eigenvalue weighted by molar-refractivity contribution is 7.71. The molecule has 6 nitrogen and oxygen atoms in total. The van der Waals surface area contributed by atoms with Crippen LogP contribution in [0.15, 0.2) is 53.6 Å². The predicted octanol–water partition coefficient (Wildman–Crippen LogP) is 3.93. The zero-order valence-corrected chi connectivity index (χ0v) is 14.7. The third-order valence-electron chi connectivity index (χ3n) is 3.39. The van der Waals surface area contributed by atoms with Gasteiger partial charge in [0.05, 0.1) is 18.9 Å². The Labute approximate surface area is 153 Å². The smallest absolute Gasteiger partial charge is 0.337 e. The molecule has 0 aliphatic carbocycles. The Bertz CT molecular complexity index is 992. The van der Waals surface area contributed by atoms with E-state index >= 15 is 0 Å². The number of hydrogen-bond donors (Lipinski definition) is 1. The van der Waals surface area contributed by atoms with Gasteiger partial charge in [-0.15, -0.1) is 0 Å². The number of nitrogens with zero attached hydrogens (tertiary/aromatic N) is 3. The highest BCUT2D eigenvalue weighted by atomic mass is 35.5. The first-order valence-corrected chi connectivity index (χ1v) is 8.03. The number of halogens is 1. The van der Waals surface area contributed by atoms with Crippen molar-refractivity contribution in [2.45, 2.75) is 0 Å². The van der Waals surface area contributed by atoms with Crippen LogP contribution >= 0.6 is 23.8 Å². The topological polar surface area (TPSA) is 72.3 Å². The van der Waals surface area contributed by atoms with Gasteiger partial charge in [0.2, 0.25) is 4.77 Å². The number of carbonyl (C=O) groups excluding carboxylic acids is 1. The number of ether oxygens (including phenoxy) is 1. The lowest BCUT2D eigenvalue weighted by atomic mass is 10.1. The molecule has 0 aliphatic heterocycles. The molecule has 0 fully saturated rings. The van der Waals surface area contributed by atoms with Crippen molar-refractivity contribution < 1.29 is 9.53 Å². The first kappa shape index (κ1) is 17.1. The summed E-state index contributed by atoms with van der Waals surface area (Å²) in [5, 5.41) is 11.9. The van der Waals surface area contributed by atoms with Gasteiger partial charge in [0.15, 0.2) is 5.82 Å². The van der Waals surface area contributed by atoms with Crippen LogP contribution in [0.2, 0.25) is 5.02 Å². The molecule has 0 spiro atoms. The average Bonchev–Trinajstić information content (AvgIpc) is 3.00. The molecular weight excluding hydrogens is 360 g/mol. The highest BCUT2D eigenvalue weighted by Gasteiger charge is 2.08. The van der Waals surface area contributed by atoms with Crippen molar-refractivity contribution in [1.29, 1.82) is 0 Å². The molecule has 0 saturated carbocycles. The Morgan fingerprint density at radius 3 is 2.76 bits per heavy atom. The van der Waals surface area contributed by atoms with Gasteiger partial charge in [-0.1, -0.05) is 35.9 Å². The second-order valence-corrected chi connectivity index (χ2v) is 5.86. The first-order chi connectivity index (χ1) is 12.1. The molecule has 25 heavy (non-hydrogen) atoms. The summed E-state index contributed by atoms with van der Waals surface area (Å²) in [5.41, 5.74) is 2.06. The number of benzene rings is 2. The van der Waals surface area contributed by atoms with Crippen LogP contribution in [0.4, 0.5) is 0 Å². The first-order valence-electron chi connectivity index (χ1n) is 7.24. The van der Waals surface area contributed by atoms with Crippen LogP contribution in [0.5, 0.6) is 0 Å². The lowest BCUT2D eigenvalue weighted by Gasteiger charge is -2.02. The molecule has 0 saturated heterocycles. The molecular formula is C17H13ClN4O2S. The van der Waals surface area contributed by atoms with Gasteiger partial charge in [-0.25, -0.2) is 9.89 Å². The lowest BCUT2D eigenvalue weighted by molar-refractivity contribution is 0.0600. The number of methoxy groups -OCH3 is 1. The SMILES string of the molecule is COC(=O)c1ccc(C=Nn2c(-c3cccc(Cl)c3)n[nH]c2=S)cc1. The van der Waals surface area contributed by atoms with Crippen LogP contribution in [-0.2, 0) is 4.74 Å². The minimum atomic E-state index is -0.385. The Kier molecular flexibility index (Phi) is 5.06. The predicted molar refractivity (Wildman–Crippen MR) is 98.6 cm³/mol. The lowest BCUT2D eigenvalue weighted by Crippen LogP contribution is -2.01. The van der Waals surface area contributed by atoms with Crippen molar-refractivity contribution in [2.75, 3.05) is 7.11 Å². The van der Waals surface area contributed by atoms with Gasteiger partial charge in [0, 0.05) is 10.6 Å². The van der Waals surface area contributed by atoms with E-state index < -0.39 is 0 Å². The highest BCUT2D eigenvalue weighted by Crippen LogP contribution is 2.21. The van der Waals surface area contributed by atoms with E-state index in [-0.39, 0.29) is 5.97 Å². The summed E-state index contributed by atoms with van der Waals surface area (Å²) in [6.45, 7) is 0. The summed E-state index contributed by atoms with van der Waals surface area (Å²) >= 11 is 11.3. The van der Waals surface area contributed by atoms with E-state index in [0.29, 0.717) is 21.2 Å². The van der Waals surface area contributed by atoms with Crippen molar-refractivity contribution >= 4 is 36.0 Å². The van der Waals surface area contributed by atoms with Gasteiger partial charge in [0.1, 0.15) is 0 Å². The van der Waals surface area contributed by atoms with Gasteiger partial charge < -0.3 is 4.74 Å². The normalized spacial score (nSPS) is 11.0. The summed E-state index contributed by atoms with van der Waals surface area (Å²) < 4.78 is 6.54. The van der Waals surface area contributed by atoms with Gasteiger partial charge in [-0.05, 0) is 42.0 Å². The molecule has 0 bridgehead atoms. The van der Waals surface area contributed by atoms with Crippen LogP contribution in [0, 0.1) is 4.77 Å². The molecule has 0 unspecified atom stereocenters. The van der Waals surface area contributed by atoms with Crippen LogP contribution in [0.25, 0.3) is 11.4 Å². The fourth-order valence-electron chi connectivity index (χ4n) is 2.16. The van der Waals surface area contributed by atoms with E-state index in [4.69, 9.17) is 23.8 Å². The molecule has 0 atom stereocenters. The fourth-order valence-corrected chi connectivity index (χ4v) is 2.53. The summed E-state index contributed by atoms with van der Waals surface area (Å²) in [5.74, 6) is 0.165. The molecule has 1 N–H and O–H groups in total. The van der Waals surface area contributed by atoms with Crippen LogP contribution < -0.4 is 0 Å². The third-order valence-corrected chi connectivity index (χ3v) is 3.89. The molecule has 3 aromatic rings. The second kappa shape index (κ2) is 7.42. The quantitative estimate of drug-likeness (QED) is 0.428. The zero-order valence-electron chi connectivity index (χ0n) is 13.1. The molecule has 1 heterocycles. The third kappa shape index (κ3) is 3.84. The molecule has 3 rings (SSSR count). The van der Waals surface area contributed by atoms with Crippen molar-refractivity contribution in [1.82, 2.24) is 14.9 Å². The van der Waals surface area contributed by atoms with Crippen molar-refractivity contribution in [3.8, 4) is 11.4 Å². The Morgan fingerprint density at radius 1 is 1.32 bits per heavy atom. The van der Waals surface area contributed by atoms with E-state index in [2.05, 4.69) is 20.0 Å². The van der Waals surface area contributed by atoms with E-state index in [1.807, 2.05) is 12.1 Å². The fraction of sp³-hybridized carbons (Fsp3) is 0.0588. The maximum absolute atomic E-state index is 11.4. The molecule has 126 valence electrons. The van der Waals surface area contributed by atoms with E-state index in [1.54, 1.807) is 42.6 Å². The van der Waals surface area contributed by atoms with Gasteiger partial charge in [-0.2, -0.15) is 14.9 Å². The number of esters is 1. The minimum absolute atomic E-state index is 0.359. The number of nitrogens with one attached hydrogen (secondary N) is 1. The Hall–Kier alpha value is -2.77. The summed E-state index contributed by atoms with van der Waals surface area (Å²) in [6.07, 6.45) is 1.63. The molecule has 1 aromatic heterocycles. The number of aromatic amines is 1. The molecule has 2 aromatic carbocycles. The van der Waals surface area contributed by atoms with E-state index in [9.17, 15) is 4.79 Å². The van der Waals surface area contributed by atoms with Gasteiger partial charge in [-0.3, -0.25) is 0 Å². The van der Waals surface area contributed by atoms with Gasteiger partial charge in [0.25, 0.3) is 0 Å². The van der Waals surface area contributed by atoms with E-state index in [1.165, 1.54) is 11.8 Å². The number of carbonyl (C=O) groups is 1. The molecule has 0 aliphatic rings.